The minimum absolute atomic E-state index is 0.0501. The first-order valence-electron chi connectivity index (χ1n) is 11.9. The van der Waals surface area contributed by atoms with Crippen LogP contribution in [-0.2, 0) is 6.54 Å². The second-order valence-corrected chi connectivity index (χ2v) is 9.97. The average molecular weight is 601 g/mol. The quantitative estimate of drug-likeness (QED) is 0.218. The number of amides is 1. The zero-order valence-corrected chi connectivity index (χ0v) is 22.5. The van der Waals surface area contributed by atoms with Crippen molar-refractivity contribution >= 4 is 61.6 Å². The molecule has 0 aliphatic carbocycles. The van der Waals surface area contributed by atoms with E-state index in [1.54, 1.807) is 47.1 Å². The van der Waals surface area contributed by atoms with Crippen LogP contribution >= 0.6 is 27.5 Å². The molecule has 8 nitrogen and oxygen atoms in total. The minimum Gasteiger partial charge on any atom is -0.451 e. The molecule has 2 N–H and O–H groups in total. The number of fused-ring (bicyclic) bond motifs is 2. The smallest absolute Gasteiger partial charge is 0.291 e. The van der Waals surface area contributed by atoms with Gasteiger partial charge in [-0.3, -0.25) is 9.59 Å². The van der Waals surface area contributed by atoms with Crippen LogP contribution in [0.4, 0.5) is 11.5 Å². The first-order valence-corrected chi connectivity index (χ1v) is 13.1. The standard InChI is InChI=1S/C29H19BrClN5O3/c30-21-16-33-36-27(13-23(35-28(21)36)19-5-1-3-7-22(19)31)32-15-17-9-11-18(12-10-17)34-29(38)26-14-24(37)20-6-2-4-8-25(20)39-26/h1-14,16,32H,15H2,(H,34,38). The predicted molar refractivity (Wildman–Crippen MR) is 155 cm³/mol. The van der Waals surface area contributed by atoms with E-state index in [-0.39, 0.29) is 11.2 Å². The van der Waals surface area contributed by atoms with E-state index in [0.717, 1.165) is 27.1 Å². The van der Waals surface area contributed by atoms with Gasteiger partial charge in [-0.2, -0.15) is 9.61 Å². The maximum absolute atomic E-state index is 12.7. The van der Waals surface area contributed by atoms with Gasteiger partial charge >= 0.3 is 0 Å². The lowest BCUT2D eigenvalue weighted by Crippen LogP contribution is -2.15. The molecule has 0 unspecified atom stereocenters. The van der Waals surface area contributed by atoms with Gasteiger partial charge in [0.2, 0.25) is 0 Å². The van der Waals surface area contributed by atoms with Gasteiger partial charge in [-0.05, 0) is 51.8 Å². The van der Waals surface area contributed by atoms with Gasteiger partial charge in [0.15, 0.2) is 16.8 Å². The maximum atomic E-state index is 12.7. The van der Waals surface area contributed by atoms with Crippen molar-refractivity contribution in [2.24, 2.45) is 0 Å². The predicted octanol–water partition coefficient (Wildman–Crippen LogP) is 6.78. The fraction of sp³-hybridized carbons (Fsp3) is 0.0345. The van der Waals surface area contributed by atoms with Crippen molar-refractivity contribution in [1.29, 1.82) is 0 Å². The summed E-state index contributed by atoms with van der Waals surface area (Å²) in [5.41, 5.74) is 3.84. The van der Waals surface area contributed by atoms with Crippen molar-refractivity contribution in [1.82, 2.24) is 14.6 Å². The lowest BCUT2D eigenvalue weighted by molar-refractivity contribution is 0.0997. The van der Waals surface area contributed by atoms with Crippen LogP contribution in [-0.4, -0.2) is 20.5 Å². The number of nitrogens with zero attached hydrogens (tertiary/aromatic N) is 3. The summed E-state index contributed by atoms with van der Waals surface area (Å²) < 4.78 is 8.11. The highest BCUT2D eigenvalue weighted by Crippen LogP contribution is 2.30. The molecule has 3 aromatic carbocycles. The highest BCUT2D eigenvalue weighted by Gasteiger charge is 2.14. The zero-order chi connectivity index (χ0) is 26.9. The number of hydrogen-bond acceptors (Lipinski definition) is 6. The first kappa shape index (κ1) is 24.8. The topological polar surface area (TPSA) is 102 Å². The second kappa shape index (κ2) is 10.4. The second-order valence-electron chi connectivity index (χ2n) is 8.71. The average Bonchev–Trinajstić information content (AvgIpc) is 3.33. The Labute approximate surface area is 235 Å². The summed E-state index contributed by atoms with van der Waals surface area (Å²) in [6.07, 6.45) is 1.69. The van der Waals surface area contributed by atoms with Crippen molar-refractivity contribution in [3.63, 3.8) is 0 Å². The summed E-state index contributed by atoms with van der Waals surface area (Å²) >= 11 is 9.94. The van der Waals surface area contributed by atoms with E-state index in [1.807, 2.05) is 42.5 Å². The number of aromatic nitrogens is 3. The Morgan fingerprint density at radius 1 is 1.00 bits per heavy atom. The van der Waals surface area contributed by atoms with Crippen molar-refractivity contribution < 1.29 is 9.21 Å². The molecule has 3 heterocycles. The lowest BCUT2D eigenvalue weighted by atomic mass is 10.1. The van der Waals surface area contributed by atoms with Crippen LogP contribution in [0.25, 0.3) is 27.9 Å². The van der Waals surface area contributed by atoms with Gasteiger partial charge in [-0.15, -0.1) is 0 Å². The Kier molecular flexibility index (Phi) is 6.60. The number of hydrogen-bond donors (Lipinski definition) is 2. The van der Waals surface area contributed by atoms with Crippen molar-refractivity contribution in [3.05, 3.63) is 122 Å². The van der Waals surface area contributed by atoms with E-state index < -0.39 is 5.91 Å². The summed E-state index contributed by atoms with van der Waals surface area (Å²) in [6, 6.07) is 24.8. The molecular formula is C29H19BrClN5O3. The fourth-order valence-corrected chi connectivity index (χ4v) is 4.76. The molecule has 0 bridgehead atoms. The fourth-order valence-electron chi connectivity index (χ4n) is 4.18. The van der Waals surface area contributed by atoms with Gasteiger partial charge in [0.1, 0.15) is 11.4 Å². The number of halogens is 2. The van der Waals surface area contributed by atoms with Crippen LogP contribution in [0.1, 0.15) is 16.1 Å². The summed E-state index contributed by atoms with van der Waals surface area (Å²) in [7, 11) is 0. The van der Waals surface area contributed by atoms with Gasteiger partial charge in [0.25, 0.3) is 5.91 Å². The van der Waals surface area contributed by atoms with E-state index in [1.165, 1.54) is 6.07 Å². The summed E-state index contributed by atoms with van der Waals surface area (Å²) in [5.74, 6) is 0.189. The number of nitrogens with one attached hydrogen (secondary N) is 2. The molecule has 0 saturated heterocycles. The zero-order valence-electron chi connectivity index (χ0n) is 20.2. The third kappa shape index (κ3) is 5.01. The number of carbonyl (C=O) groups is 1. The van der Waals surface area contributed by atoms with Crippen molar-refractivity contribution in [2.45, 2.75) is 6.54 Å². The van der Waals surface area contributed by atoms with E-state index in [9.17, 15) is 9.59 Å². The van der Waals surface area contributed by atoms with Crippen LogP contribution in [0, 0.1) is 0 Å². The number of anilines is 2. The Hall–Kier alpha value is -4.47. The number of carbonyl (C=O) groups excluding carboxylic acids is 1. The normalized spacial score (nSPS) is 11.1. The molecule has 0 aliphatic rings. The highest BCUT2D eigenvalue weighted by atomic mass is 79.9. The molecule has 39 heavy (non-hydrogen) atoms. The molecule has 3 aromatic heterocycles. The summed E-state index contributed by atoms with van der Waals surface area (Å²) in [5, 5.41) is 11.7. The van der Waals surface area contributed by atoms with Gasteiger partial charge < -0.3 is 15.1 Å². The van der Waals surface area contributed by atoms with Crippen molar-refractivity contribution in [2.75, 3.05) is 10.6 Å². The minimum atomic E-state index is -0.501. The van der Waals surface area contributed by atoms with Gasteiger partial charge in [-0.25, -0.2) is 4.98 Å². The van der Waals surface area contributed by atoms with E-state index >= 15 is 0 Å². The molecule has 0 aliphatic heterocycles. The van der Waals surface area contributed by atoms with Crippen LogP contribution in [0.15, 0.2) is 105 Å². The number of benzene rings is 3. The van der Waals surface area contributed by atoms with E-state index in [2.05, 4.69) is 31.7 Å². The molecule has 0 spiro atoms. The molecule has 6 rings (SSSR count). The molecule has 192 valence electrons. The Morgan fingerprint density at radius 3 is 2.59 bits per heavy atom. The number of para-hydroxylation sites is 1. The van der Waals surface area contributed by atoms with Gasteiger partial charge in [0, 0.05) is 35.0 Å². The molecule has 0 radical (unpaired) electrons. The Morgan fingerprint density at radius 2 is 1.77 bits per heavy atom. The third-order valence-electron chi connectivity index (χ3n) is 6.12. The molecule has 0 atom stereocenters. The molecule has 6 aromatic rings. The molecule has 0 saturated carbocycles. The summed E-state index contributed by atoms with van der Waals surface area (Å²) in [6.45, 7) is 0.492. The van der Waals surface area contributed by atoms with Gasteiger partial charge in [0.05, 0.1) is 21.7 Å². The SMILES string of the molecule is O=C(Nc1ccc(CNc2cc(-c3ccccc3Cl)nc3c(Br)cnn23)cc1)c1cc(=O)c2ccccc2o1. The van der Waals surface area contributed by atoms with Crippen LogP contribution in [0.3, 0.4) is 0 Å². The first-order chi connectivity index (χ1) is 19.0. The largest absolute Gasteiger partial charge is 0.451 e. The van der Waals surface area contributed by atoms with Crippen LogP contribution < -0.4 is 16.1 Å². The third-order valence-corrected chi connectivity index (χ3v) is 7.01. The molecule has 0 fully saturated rings. The molecular weight excluding hydrogens is 582 g/mol. The Bertz CT molecular complexity index is 1920. The molecule has 10 heteroatoms. The summed E-state index contributed by atoms with van der Waals surface area (Å²) in [4.78, 5) is 29.8. The number of rotatable bonds is 6. The van der Waals surface area contributed by atoms with Crippen LogP contribution in [0.5, 0.6) is 0 Å². The highest BCUT2D eigenvalue weighted by molar-refractivity contribution is 9.10. The van der Waals surface area contributed by atoms with Gasteiger partial charge in [-0.1, -0.05) is 54.1 Å². The lowest BCUT2D eigenvalue weighted by Gasteiger charge is -2.12. The van der Waals surface area contributed by atoms with E-state index in [4.69, 9.17) is 21.0 Å². The Balaban J connectivity index is 1.19. The van der Waals surface area contributed by atoms with Crippen molar-refractivity contribution in [3.8, 4) is 11.3 Å². The van der Waals surface area contributed by atoms with Crippen LogP contribution in [0.2, 0.25) is 5.02 Å². The molecule has 1 amide bonds. The monoisotopic (exact) mass is 599 g/mol. The van der Waals surface area contributed by atoms with E-state index in [0.29, 0.717) is 33.9 Å². The maximum Gasteiger partial charge on any atom is 0.291 e.